The molecule has 0 aromatic carbocycles. The zero-order valence-electron chi connectivity index (χ0n) is 18.8. The van der Waals surface area contributed by atoms with Crippen LogP contribution in [0, 0.1) is 0 Å². The van der Waals surface area contributed by atoms with Crippen LogP contribution in [0.4, 0.5) is 4.79 Å². The quantitative estimate of drug-likeness (QED) is 0.739. The third kappa shape index (κ3) is 3.28. The summed E-state index contributed by atoms with van der Waals surface area (Å²) in [5.74, 6) is 0.644. The number of carbonyl (C=O) groups is 2. The van der Waals surface area contributed by atoms with Gasteiger partial charge >= 0.3 is 6.03 Å². The van der Waals surface area contributed by atoms with E-state index in [2.05, 4.69) is 10.4 Å². The number of urea groups is 1. The van der Waals surface area contributed by atoms with E-state index in [-0.39, 0.29) is 35.5 Å². The minimum absolute atomic E-state index is 0.0505. The highest BCUT2D eigenvalue weighted by molar-refractivity contribution is 5.92. The zero-order valence-corrected chi connectivity index (χ0v) is 18.8. The molecular formula is C22H29N7O3. The van der Waals surface area contributed by atoms with Crippen molar-refractivity contribution < 1.29 is 9.59 Å². The molecule has 32 heavy (non-hydrogen) atoms. The summed E-state index contributed by atoms with van der Waals surface area (Å²) in [7, 11) is 1.77. The minimum Gasteiger partial charge on any atom is -0.336 e. The largest absolute Gasteiger partial charge is 0.336 e. The van der Waals surface area contributed by atoms with Gasteiger partial charge in [0.25, 0.3) is 11.5 Å². The first-order valence-electron chi connectivity index (χ1n) is 11.2. The molecule has 5 heterocycles. The van der Waals surface area contributed by atoms with Crippen LogP contribution < -0.4 is 10.9 Å². The molecule has 0 bridgehead atoms. The summed E-state index contributed by atoms with van der Waals surface area (Å²) in [5.41, 5.74) is 1.47. The third-order valence-electron chi connectivity index (χ3n) is 6.88. The maximum absolute atomic E-state index is 13.4. The number of aryl methyl sites for hydroxylation is 1. The van der Waals surface area contributed by atoms with Gasteiger partial charge in [0.2, 0.25) is 0 Å². The second-order valence-electron chi connectivity index (χ2n) is 9.47. The lowest BCUT2D eigenvalue weighted by Crippen LogP contribution is -2.44. The van der Waals surface area contributed by atoms with Crippen molar-refractivity contribution in [3.8, 4) is 0 Å². The predicted molar refractivity (Wildman–Crippen MR) is 116 cm³/mol. The van der Waals surface area contributed by atoms with E-state index in [0.717, 1.165) is 24.4 Å². The highest BCUT2D eigenvalue weighted by atomic mass is 16.2. The molecular weight excluding hydrogens is 410 g/mol. The lowest BCUT2D eigenvalue weighted by atomic mass is 9.85. The molecule has 2 aromatic heterocycles. The Hall–Kier alpha value is -3.17. The summed E-state index contributed by atoms with van der Waals surface area (Å²) in [6, 6.07) is 1.72. The Morgan fingerprint density at radius 3 is 2.66 bits per heavy atom. The smallest absolute Gasteiger partial charge is 0.317 e. The molecule has 1 atom stereocenters. The van der Waals surface area contributed by atoms with Crippen molar-refractivity contribution in [3.63, 3.8) is 0 Å². The summed E-state index contributed by atoms with van der Waals surface area (Å²) in [6.07, 6.45) is 3.90. The van der Waals surface area contributed by atoms with Gasteiger partial charge < -0.3 is 15.1 Å². The number of rotatable bonds is 2. The van der Waals surface area contributed by atoms with E-state index >= 15 is 0 Å². The van der Waals surface area contributed by atoms with E-state index in [4.69, 9.17) is 4.98 Å². The van der Waals surface area contributed by atoms with Crippen LogP contribution in [0.2, 0.25) is 0 Å². The predicted octanol–water partition coefficient (Wildman–Crippen LogP) is 0.641. The Morgan fingerprint density at radius 1 is 1.16 bits per heavy atom. The van der Waals surface area contributed by atoms with Crippen LogP contribution in [0.15, 0.2) is 17.1 Å². The molecule has 5 rings (SSSR count). The van der Waals surface area contributed by atoms with Crippen molar-refractivity contribution >= 4 is 11.9 Å². The fourth-order valence-corrected chi connectivity index (χ4v) is 5.20. The van der Waals surface area contributed by atoms with Crippen LogP contribution in [0.1, 0.15) is 54.3 Å². The van der Waals surface area contributed by atoms with Gasteiger partial charge in [-0.3, -0.25) is 18.8 Å². The molecule has 0 radical (unpaired) electrons. The van der Waals surface area contributed by atoms with Crippen molar-refractivity contribution in [2.24, 2.45) is 7.05 Å². The summed E-state index contributed by atoms with van der Waals surface area (Å²) >= 11 is 0. The van der Waals surface area contributed by atoms with Gasteiger partial charge in [0.05, 0.1) is 17.8 Å². The molecule has 3 amide bonds. The highest BCUT2D eigenvalue weighted by Crippen LogP contribution is 2.41. The van der Waals surface area contributed by atoms with E-state index in [0.29, 0.717) is 43.9 Å². The van der Waals surface area contributed by atoms with Gasteiger partial charge in [-0.05, 0) is 32.8 Å². The maximum atomic E-state index is 13.4. The molecule has 10 heteroatoms. The summed E-state index contributed by atoms with van der Waals surface area (Å²) in [4.78, 5) is 47.2. The van der Waals surface area contributed by atoms with E-state index in [1.54, 1.807) is 33.5 Å². The Kier molecular flexibility index (Phi) is 4.83. The Morgan fingerprint density at radius 2 is 1.94 bits per heavy atom. The standard InChI is InChI=1S/C22H29N7O3/c1-14(2)23-21(32)28-10-6-22(13-28)7-11-29-18(30)15-12-27(9-5-16(15)24-20(22)29)19(31)17-4-8-26(3)25-17/h4,8,14H,5-7,9-13H2,1-3H3,(H,23,32)/t22-/m0/s1. The average Bonchev–Trinajstić information content (AvgIpc) is 3.47. The van der Waals surface area contributed by atoms with E-state index in [1.165, 1.54) is 0 Å². The molecule has 170 valence electrons. The van der Waals surface area contributed by atoms with E-state index < -0.39 is 0 Å². The van der Waals surface area contributed by atoms with Gasteiger partial charge in [0.1, 0.15) is 11.5 Å². The van der Waals surface area contributed by atoms with E-state index in [9.17, 15) is 14.4 Å². The first kappa shape index (κ1) is 20.7. The molecule has 1 saturated heterocycles. The number of hydrogen-bond acceptors (Lipinski definition) is 5. The fraction of sp³-hybridized carbons (Fsp3) is 0.591. The number of likely N-dealkylation sites (tertiary alicyclic amines) is 1. The Bertz CT molecular complexity index is 1150. The molecule has 0 unspecified atom stereocenters. The minimum atomic E-state index is -0.260. The molecule has 0 saturated carbocycles. The van der Waals surface area contributed by atoms with Crippen molar-refractivity contribution in [3.05, 3.63) is 45.4 Å². The van der Waals surface area contributed by atoms with Crippen molar-refractivity contribution in [2.75, 3.05) is 19.6 Å². The number of aromatic nitrogens is 4. The first-order valence-corrected chi connectivity index (χ1v) is 11.2. The second kappa shape index (κ2) is 7.46. The van der Waals surface area contributed by atoms with Crippen LogP contribution in [0.25, 0.3) is 0 Å². The number of nitrogens with zero attached hydrogens (tertiary/aromatic N) is 6. The molecule has 1 spiro atoms. The maximum Gasteiger partial charge on any atom is 0.317 e. The Balaban J connectivity index is 1.40. The fourth-order valence-electron chi connectivity index (χ4n) is 5.20. The van der Waals surface area contributed by atoms with Crippen LogP contribution in [-0.2, 0) is 32.0 Å². The van der Waals surface area contributed by atoms with Gasteiger partial charge in [-0.2, -0.15) is 5.10 Å². The summed E-state index contributed by atoms with van der Waals surface area (Å²) < 4.78 is 3.37. The SMILES string of the molecule is CC(C)NC(=O)N1CC[C@]2(CCn3c2nc2c(c3=O)CN(C(=O)c3ccn(C)n3)CC2)C1. The summed E-state index contributed by atoms with van der Waals surface area (Å²) in [5, 5.41) is 7.16. The number of carbonyl (C=O) groups excluding carboxylic acids is 2. The second-order valence-corrected chi connectivity index (χ2v) is 9.47. The molecule has 3 aliphatic heterocycles. The van der Waals surface area contributed by atoms with Crippen LogP contribution in [0.5, 0.6) is 0 Å². The third-order valence-corrected chi connectivity index (χ3v) is 6.88. The van der Waals surface area contributed by atoms with Crippen molar-refractivity contribution in [1.29, 1.82) is 0 Å². The van der Waals surface area contributed by atoms with E-state index in [1.807, 2.05) is 18.7 Å². The molecule has 2 aromatic rings. The normalized spacial score (nSPS) is 21.9. The average molecular weight is 440 g/mol. The first-order chi connectivity index (χ1) is 15.3. The number of amides is 3. The monoisotopic (exact) mass is 439 g/mol. The van der Waals surface area contributed by atoms with Crippen LogP contribution in [0.3, 0.4) is 0 Å². The molecule has 10 nitrogen and oxygen atoms in total. The number of hydrogen-bond donors (Lipinski definition) is 1. The highest BCUT2D eigenvalue weighted by Gasteiger charge is 2.48. The van der Waals surface area contributed by atoms with Crippen molar-refractivity contribution in [1.82, 2.24) is 34.4 Å². The van der Waals surface area contributed by atoms with Crippen LogP contribution in [-0.4, -0.2) is 66.7 Å². The topological polar surface area (TPSA) is 105 Å². The lowest BCUT2D eigenvalue weighted by molar-refractivity contribution is 0.0725. The number of fused-ring (bicyclic) bond motifs is 3. The lowest BCUT2D eigenvalue weighted by Gasteiger charge is -2.29. The summed E-state index contributed by atoms with van der Waals surface area (Å²) in [6.45, 7) is 6.51. The van der Waals surface area contributed by atoms with Crippen LogP contribution >= 0.6 is 0 Å². The van der Waals surface area contributed by atoms with Gasteiger partial charge in [-0.25, -0.2) is 9.78 Å². The van der Waals surface area contributed by atoms with Gasteiger partial charge in [-0.1, -0.05) is 0 Å². The Labute approximate surface area is 186 Å². The molecule has 0 aliphatic carbocycles. The molecule has 1 fully saturated rings. The van der Waals surface area contributed by atoms with Gasteiger partial charge in [-0.15, -0.1) is 0 Å². The molecule has 3 aliphatic rings. The molecule has 1 N–H and O–H groups in total. The van der Waals surface area contributed by atoms with Crippen molar-refractivity contribution in [2.45, 2.75) is 57.7 Å². The van der Waals surface area contributed by atoms with Gasteiger partial charge in [0, 0.05) is 57.3 Å². The van der Waals surface area contributed by atoms with Gasteiger partial charge in [0.15, 0.2) is 0 Å². The zero-order chi connectivity index (χ0) is 22.6. The number of nitrogens with one attached hydrogen (secondary N) is 1.